The number of rotatable bonds is 2. The molecule has 92 valence electrons. The maximum Gasteiger partial charge on any atom is 0.272 e. The van der Waals surface area contributed by atoms with Crippen LogP contribution in [0.4, 0.5) is 5.69 Å². The molecule has 2 heterocycles. The number of aromatic amines is 1. The molecule has 6 nitrogen and oxygen atoms in total. The molecule has 0 saturated carbocycles. The summed E-state index contributed by atoms with van der Waals surface area (Å²) in [4.78, 5) is 13.7. The Morgan fingerprint density at radius 2 is 2.28 bits per heavy atom. The lowest BCUT2D eigenvalue weighted by molar-refractivity contribution is 0.894. The molecular weight excluding hydrogens is 230 g/mol. The molecule has 2 aromatic rings. The smallest absolute Gasteiger partial charge is 0.272 e. The van der Waals surface area contributed by atoms with Crippen molar-refractivity contribution in [2.24, 2.45) is 5.73 Å². The average Bonchev–Trinajstić information content (AvgIpc) is 2.93. The number of nitrogens with zero attached hydrogens (tertiary/aromatic N) is 2. The third-order valence-corrected chi connectivity index (χ3v) is 3.01. The van der Waals surface area contributed by atoms with Gasteiger partial charge in [-0.05, 0) is 18.2 Å². The van der Waals surface area contributed by atoms with Gasteiger partial charge in [0, 0.05) is 30.0 Å². The van der Waals surface area contributed by atoms with E-state index in [1.165, 1.54) is 0 Å². The zero-order chi connectivity index (χ0) is 12.5. The van der Waals surface area contributed by atoms with Crippen molar-refractivity contribution < 1.29 is 0 Å². The van der Waals surface area contributed by atoms with Crippen LogP contribution in [0.25, 0.3) is 10.8 Å². The van der Waals surface area contributed by atoms with Gasteiger partial charge in [-0.1, -0.05) is 0 Å². The second-order valence-electron chi connectivity index (χ2n) is 4.08. The van der Waals surface area contributed by atoms with Crippen molar-refractivity contribution in [3.8, 4) is 0 Å². The van der Waals surface area contributed by atoms with E-state index in [9.17, 15) is 4.79 Å². The van der Waals surface area contributed by atoms with Crippen molar-refractivity contribution >= 4 is 16.5 Å². The normalized spacial score (nSPS) is 14.2. The maximum atomic E-state index is 11.7. The Kier molecular flexibility index (Phi) is 2.49. The van der Waals surface area contributed by atoms with Gasteiger partial charge in [-0.25, -0.2) is 5.10 Å². The highest BCUT2D eigenvalue weighted by Crippen LogP contribution is 2.22. The van der Waals surface area contributed by atoms with Gasteiger partial charge < -0.3 is 16.0 Å². The summed E-state index contributed by atoms with van der Waals surface area (Å²) in [5.41, 5.74) is 7.16. The number of benzene rings is 1. The molecule has 0 radical (unpaired) electrons. The van der Waals surface area contributed by atoms with E-state index >= 15 is 0 Å². The Bertz CT molecular complexity index is 676. The van der Waals surface area contributed by atoms with Crippen LogP contribution in [0.3, 0.4) is 0 Å². The third-order valence-electron chi connectivity index (χ3n) is 3.01. The van der Waals surface area contributed by atoms with E-state index in [0.717, 1.165) is 17.7 Å². The van der Waals surface area contributed by atoms with Crippen LogP contribution in [0.15, 0.2) is 35.4 Å². The van der Waals surface area contributed by atoms with Gasteiger partial charge in [0.15, 0.2) is 0 Å². The number of nitrogens with two attached hydrogens (primary N) is 1. The van der Waals surface area contributed by atoms with Crippen molar-refractivity contribution in [3.63, 3.8) is 0 Å². The van der Waals surface area contributed by atoms with Gasteiger partial charge >= 0.3 is 0 Å². The molecule has 4 N–H and O–H groups in total. The molecule has 0 bridgehead atoms. The Balaban J connectivity index is 2.21. The molecule has 3 rings (SSSR count). The summed E-state index contributed by atoms with van der Waals surface area (Å²) >= 11 is 0. The first-order valence-corrected chi connectivity index (χ1v) is 5.67. The summed E-state index contributed by atoms with van der Waals surface area (Å²) in [6.07, 6.45) is 3.83. The number of anilines is 1. The Labute approximate surface area is 103 Å². The van der Waals surface area contributed by atoms with Crippen LogP contribution in [-0.4, -0.2) is 16.9 Å². The minimum atomic E-state index is -0.191. The number of aromatic nitrogens is 2. The average molecular weight is 243 g/mol. The summed E-state index contributed by atoms with van der Waals surface area (Å²) in [5, 5.41) is 11.0. The van der Waals surface area contributed by atoms with E-state index in [2.05, 4.69) is 15.5 Å². The van der Waals surface area contributed by atoms with Crippen LogP contribution in [-0.2, 0) is 6.54 Å². The quantitative estimate of drug-likeness (QED) is 0.702. The molecule has 0 fully saturated rings. The first-order chi connectivity index (χ1) is 8.79. The number of nitrogens with one attached hydrogen (secondary N) is 2. The van der Waals surface area contributed by atoms with Crippen LogP contribution < -0.4 is 21.5 Å². The van der Waals surface area contributed by atoms with Crippen molar-refractivity contribution in [2.75, 3.05) is 11.6 Å². The van der Waals surface area contributed by atoms with Gasteiger partial charge in [-0.15, -0.1) is 0 Å². The standard InChI is InChI=1S/C12H13N5O/c13-6-11-10-5-8(17-4-3-14-7-17)1-2-9(10)12(18)16-15-11/h1-5,14H,6-7,13H2,(H,16,18). The molecule has 1 aliphatic heterocycles. The molecule has 0 amide bonds. The van der Waals surface area contributed by atoms with Crippen LogP contribution in [0.5, 0.6) is 0 Å². The van der Waals surface area contributed by atoms with Crippen LogP contribution in [0.1, 0.15) is 5.69 Å². The largest absolute Gasteiger partial charge is 0.372 e. The first kappa shape index (κ1) is 10.8. The highest BCUT2D eigenvalue weighted by molar-refractivity contribution is 5.87. The SMILES string of the molecule is NCc1n[nH]c(=O)c2ccc(N3C=CNC3)cc12. The maximum absolute atomic E-state index is 11.7. The molecule has 1 aromatic heterocycles. The number of hydrogen-bond acceptors (Lipinski definition) is 5. The minimum Gasteiger partial charge on any atom is -0.372 e. The lowest BCUT2D eigenvalue weighted by Crippen LogP contribution is -2.20. The predicted molar refractivity (Wildman–Crippen MR) is 69.9 cm³/mol. The minimum absolute atomic E-state index is 0.191. The van der Waals surface area contributed by atoms with Gasteiger partial charge in [0.2, 0.25) is 0 Å². The Morgan fingerprint density at radius 1 is 1.39 bits per heavy atom. The Morgan fingerprint density at radius 3 is 3.00 bits per heavy atom. The fourth-order valence-corrected chi connectivity index (χ4v) is 2.07. The van der Waals surface area contributed by atoms with E-state index in [1.54, 1.807) is 6.07 Å². The first-order valence-electron chi connectivity index (χ1n) is 5.67. The topological polar surface area (TPSA) is 87.0 Å². The zero-order valence-corrected chi connectivity index (χ0v) is 9.68. The molecular formula is C12H13N5O. The molecule has 1 aliphatic rings. The second kappa shape index (κ2) is 4.15. The van der Waals surface area contributed by atoms with E-state index in [-0.39, 0.29) is 5.56 Å². The molecule has 0 atom stereocenters. The highest BCUT2D eigenvalue weighted by Gasteiger charge is 2.10. The second-order valence-corrected chi connectivity index (χ2v) is 4.08. The summed E-state index contributed by atoms with van der Waals surface area (Å²) in [6.45, 7) is 1.02. The van der Waals surface area contributed by atoms with Crippen molar-refractivity contribution in [1.29, 1.82) is 0 Å². The fraction of sp³-hybridized carbons (Fsp3) is 0.167. The number of hydrogen-bond donors (Lipinski definition) is 3. The van der Waals surface area contributed by atoms with Gasteiger partial charge in [0.1, 0.15) is 0 Å². The van der Waals surface area contributed by atoms with Gasteiger partial charge in [-0.2, -0.15) is 5.10 Å². The summed E-state index contributed by atoms with van der Waals surface area (Å²) < 4.78 is 0. The molecule has 0 spiro atoms. The van der Waals surface area contributed by atoms with Crippen LogP contribution in [0, 0.1) is 0 Å². The lowest BCUT2D eigenvalue weighted by atomic mass is 10.1. The van der Waals surface area contributed by atoms with Gasteiger partial charge in [0.05, 0.1) is 17.7 Å². The summed E-state index contributed by atoms with van der Waals surface area (Å²) in [5.74, 6) is 0. The van der Waals surface area contributed by atoms with Crippen molar-refractivity contribution in [1.82, 2.24) is 15.5 Å². The highest BCUT2D eigenvalue weighted by atomic mass is 16.1. The van der Waals surface area contributed by atoms with Crippen LogP contribution >= 0.6 is 0 Å². The summed E-state index contributed by atoms with van der Waals surface area (Å²) in [7, 11) is 0. The Hall–Kier alpha value is -2.34. The van der Waals surface area contributed by atoms with Gasteiger partial charge in [-0.3, -0.25) is 4.79 Å². The number of fused-ring (bicyclic) bond motifs is 1. The van der Waals surface area contributed by atoms with E-state index in [0.29, 0.717) is 17.6 Å². The van der Waals surface area contributed by atoms with Crippen molar-refractivity contribution in [2.45, 2.75) is 6.54 Å². The monoisotopic (exact) mass is 243 g/mol. The van der Waals surface area contributed by atoms with E-state index < -0.39 is 0 Å². The molecule has 6 heteroatoms. The summed E-state index contributed by atoms with van der Waals surface area (Å²) in [6, 6.07) is 5.66. The lowest BCUT2D eigenvalue weighted by Gasteiger charge is -2.15. The van der Waals surface area contributed by atoms with Gasteiger partial charge in [0.25, 0.3) is 5.56 Å². The molecule has 0 unspecified atom stereocenters. The molecule has 1 aromatic carbocycles. The third kappa shape index (κ3) is 1.63. The molecule has 0 aliphatic carbocycles. The number of H-pyrrole nitrogens is 1. The molecule has 0 saturated heterocycles. The fourth-order valence-electron chi connectivity index (χ4n) is 2.07. The molecule has 18 heavy (non-hydrogen) atoms. The van der Waals surface area contributed by atoms with E-state index in [4.69, 9.17) is 5.73 Å². The van der Waals surface area contributed by atoms with Crippen LogP contribution in [0.2, 0.25) is 0 Å². The predicted octanol–water partition coefficient (Wildman–Crippen LogP) is 0.220. The zero-order valence-electron chi connectivity index (χ0n) is 9.68. The van der Waals surface area contributed by atoms with E-state index in [1.807, 2.05) is 29.4 Å². The van der Waals surface area contributed by atoms with Crippen molar-refractivity contribution in [3.05, 3.63) is 46.6 Å².